The minimum Gasteiger partial charge on any atom is -0.490 e. The van der Waals surface area contributed by atoms with Crippen molar-refractivity contribution in [3.05, 3.63) is 99.5 Å². The molecule has 3 aromatic rings. The van der Waals surface area contributed by atoms with Crippen LogP contribution in [0.2, 0.25) is 0 Å². The largest absolute Gasteiger partial charge is 0.490 e. The third-order valence-corrected chi connectivity index (χ3v) is 5.76. The van der Waals surface area contributed by atoms with Gasteiger partial charge in [-0.2, -0.15) is 5.26 Å². The molecule has 0 bridgehead atoms. The minimum atomic E-state index is -0.440. The van der Waals surface area contributed by atoms with Crippen LogP contribution in [0.3, 0.4) is 0 Å². The second-order valence-electron chi connectivity index (χ2n) is 8.99. The number of benzene rings is 3. The summed E-state index contributed by atoms with van der Waals surface area (Å²) in [6.45, 7) is 7.53. The number of carbonyl (C=O) groups excluding carboxylic acids is 1. The zero-order valence-corrected chi connectivity index (χ0v) is 21.8. The highest BCUT2D eigenvalue weighted by molar-refractivity contribution is 9.10. The average Bonchev–Trinajstić information content (AvgIpc) is 2.85. The third kappa shape index (κ3) is 8.01. The summed E-state index contributed by atoms with van der Waals surface area (Å²) < 4.78 is 12.5. The molecule has 1 N–H and O–H groups in total. The molecule has 0 aliphatic rings. The number of carbonyl (C=O) groups is 1. The molecule has 0 atom stereocenters. The highest BCUT2D eigenvalue weighted by atomic mass is 79.9. The highest BCUT2D eigenvalue weighted by Gasteiger charge is 2.13. The molecule has 0 aliphatic carbocycles. The van der Waals surface area contributed by atoms with E-state index in [9.17, 15) is 10.1 Å². The van der Waals surface area contributed by atoms with E-state index in [0.717, 1.165) is 15.8 Å². The van der Waals surface area contributed by atoms with E-state index in [1.807, 2.05) is 60.7 Å². The molecule has 0 fully saturated rings. The van der Waals surface area contributed by atoms with Gasteiger partial charge in [-0.1, -0.05) is 79.2 Å². The third-order valence-electron chi connectivity index (χ3n) is 5.26. The smallest absolute Gasteiger partial charge is 0.262 e. The van der Waals surface area contributed by atoms with Crippen molar-refractivity contribution in [1.29, 1.82) is 5.26 Å². The number of ether oxygens (including phenoxy) is 2. The summed E-state index contributed by atoms with van der Waals surface area (Å²) in [4.78, 5) is 12.6. The Hall–Kier alpha value is -3.56. The monoisotopic (exact) mass is 532 g/mol. The SMILES string of the molecule is CC(C)(C)c1ccc(OCCOc2ccc(Br)cc2/C=C(\C#N)C(=O)NCc2ccccc2)cc1. The van der Waals surface area contributed by atoms with Crippen LogP contribution in [0.1, 0.15) is 37.5 Å². The number of nitriles is 1. The Bertz CT molecular complexity index is 1210. The van der Waals surface area contributed by atoms with E-state index in [2.05, 4.69) is 54.2 Å². The van der Waals surface area contributed by atoms with E-state index < -0.39 is 5.91 Å². The Balaban J connectivity index is 1.61. The zero-order valence-electron chi connectivity index (χ0n) is 20.2. The van der Waals surface area contributed by atoms with Gasteiger partial charge in [0.25, 0.3) is 5.91 Å². The molecule has 0 aromatic heterocycles. The van der Waals surface area contributed by atoms with Crippen LogP contribution in [-0.4, -0.2) is 19.1 Å². The lowest BCUT2D eigenvalue weighted by atomic mass is 9.87. The van der Waals surface area contributed by atoms with E-state index >= 15 is 0 Å². The first kappa shape index (κ1) is 26.1. The van der Waals surface area contributed by atoms with Gasteiger partial charge in [0.2, 0.25) is 0 Å². The van der Waals surface area contributed by atoms with Gasteiger partial charge in [-0.15, -0.1) is 0 Å². The van der Waals surface area contributed by atoms with Crippen LogP contribution < -0.4 is 14.8 Å². The van der Waals surface area contributed by atoms with Crippen LogP contribution in [0.5, 0.6) is 11.5 Å². The summed E-state index contributed by atoms with van der Waals surface area (Å²) in [5, 5.41) is 12.4. The summed E-state index contributed by atoms with van der Waals surface area (Å²) in [5.74, 6) is 0.896. The van der Waals surface area contributed by atoms with Gasteiger partial charge in [-0.3, -0.25) is 4.79 Å². The Labute approximate surface area is 215 Å². The van der Waals surface area contributed by atoms with Crippen molar-refractivity contribution in [2.75, 3.05) is 13.2 Å². The molecular weight excluding hydrogens is 504 g/mol. The topological polar surface area (TPSA) is 71.3 Å². The van der Waals surface area contributed by atoms with Crippen LogP contribution in [-0.2, 0) is 16.8 Å². The zero-order chi connectivity index (χ0) is 25.3. The molecule has 0 unspecified atom stereocenters. The molecule has 0 heterocycles. The van der Waals surface area contributed by atoms with E-state index in [-0.39, 0.29) is 11.0 Å². The number of nitrogens with one attached hydrogen (secondary N) is 1. The number of rotatable bonds is 9. The molecular formula is C29H29BrN2O3. The quantitative estimate of drug-likeness (QED) is 0.196. The molecule has 0 aliphatic heterocycles. The summed E-state index contributed by atoms with van der Waals surface area (Å²) in [5.41, 5.74) is 2.92. The average molecular weight is 533 g/mol. The van der Waals surface area contributed by atoms with Crippen molar-refractivity contribution >= 4 is 27.9 Å². The molecule has 5 nitrogen and oxygen atoms in total. The van der Waals surface area contributed by atoms with Gasteiger partial charge in [-0.25, -0.2) is 0 Å². The van der Waals surface area contributed by atoms with Gasteiger partial charge in [0, 0.05) is 16.6 Å². The lowest BCUT2D eigenvalue weighted by Crippen LogP contribution is -2.23. The minimum absolute atomic E-state index is 0.000862. The van der Waals surface area contributed by atoms with Crippen LogP contribution in [0.4, 0.5) is 0 Å². The first-order valence-electron chi connectivity index (χ1n) is 11.4. The summed E-state index contributed by atoms with van der Waals surface area (Å²) in [6, 6.07) is 25.0. The Morgan fingerprint density at radius 1 is 1.00 bits per heavy atom. The molecule has 0 spiro atoms. The molecule has 35 heavy (non-hydrogen) atoms. The van der Waals surface area contributed by atoms with E-state index in [1.54, 1.807) is 6.07 Å². The van der Waals surface area contributed by atoms with Crippen molar-refractivity contribution in [3.8, 4) is 17.6 Å². The molecule has 3 aromatic carbocycles. The van der Waals surface area contributed by atoms with Gasteiger partial charge in [0.05, 0.1) is 0 Å². The molecule has 3 rings (SSSR count). The number of hydrogen-bond donors (Lipinski definition) is 1. The molecule has 0 saturated heterocycles. The van der Waals surface area contributed by atoms with Gasteiger partial charge < -0.3 is 14.8 Å². The van der Waals surface area contributed by atoms with Crippen LogP contribution in [0.15, 0.2) is 82.8 Å². The molecule has 6 heteroatoms. The fourth-order valence-corrected chi connectivity index (χ4v) is 3.68. The van der Waals surface area contributed by atoms with Gasteiger partial charge in [-0.05, 0) is 52.9 Å². The summed E-state index contributed by atoms with van der Waals surface area (Å²) in [7, 11) is 0. The maximum absolute atomic E-state index is 12.6. The van der Waals surface area contributed by atoms with Crippen molar-refractivity contribution in [1.82, 2.24) is 5.32 Å². The van der Waals surface area contributed by atoms with Gasteiger partial charge >= 0.3 is 0 Å². The molecule has 0 radical (unpaired) electrons. The van der Waals surface area contributed by atoms with Gasteiger partial charge in [0.1, 0.15) is 36.4 Å². The van der Waals surface area contributed by atoms with Crippen LogP contribution in [0, 0.1) is 11.3 Å². The van der Waals surface area contributed by atoms with Crippen LogP contribution >= 0.6 is 15.9 Å². The fraction of sp³-hybridized carbons (Fsp3) is 0.241. The lowest BCUT2D eigenvalue weighted by Gasteiger charge is -2.19. The predicted octanol–water partition coefficient (Wildman–Crippen LogP) is 6.43. The van der Waals surface area contributed by atoms with Crippen molar-refractivity contribution < 1.29 is 14.3 Å². The highest BCUT2D eigenvalue weighted by Crippen LogP contribution is 2.26. The number of amides is 1. The van der Waals surface area contributed by atoms with E-state index in [1.165, 1.54) is 11.6 Å². The maximum Gasteiger partial charge on any atom is 0.262 e. The number of halogens is 1. The maximum atomic E-state index is 12.6. The molecule has 0 saturated carbocycles. The normalized spacial score (nSPS) is 11.5. The van der Waals surface area contributed by atoms with Crippen molar-refractivity contribution in [2.45, 2.75) is 32.7 Å². The second-order valence-corrected chi connectivity index (χ2v) is 9.91. The van der Waals surface area contributed by atoms with E-state index in [0.29, 0.717) is 31.1 Å². The van der Waals surface area contributed by atoms with Crippen molar-refractivity contribution in [2.24, 2.45) is 0 Å². The Morgan fingerprint density at radius 2 is 1.69 bits per heavy atom. The van der Waals surface area contributed by atoms with Crippen molar-refractivity contribution in [3.63, 3.8) is 0 Å². The molecule has 180 valence electrons. The molecule has 1 amide bonds. The lowest BCUT2D eigenvalue weighted by molar-refractivity contribution is -0.117. The summed E-state index contributed by atoms with van der Waals surface area (Å²) in [6.07, 6.45) is 1.53. The number of hydrogen-bond acceptors (Lipinski definition) is 4. The first-order valence-corrected chi connectivity index (χ1v) is 12.1. The van der Waals surface area contributed by atoms with Gasteiger partial charge in [0.15, 0.2) is 0 Å². The fourth-order valence-electron chi connectivity index (χ4n) is 3.30. The predicted molar refractivity (Wildman–Crippen MR) is 142 cm³/mol. The number of nitrogens with zero attached hydrogens (tertiary/aromatic N) is 1. The standard InChI is InChI=1S/C29H29BrN2O3/c1-29(2,3)24-9-12-26(13-10-24)34-15-16-35-27-14-11-25(30)18-22(27)17-23(19-31)28(33)32-20-21-7-5-4-6-8-21/h4-14,17-18H,15-16,20H2,1-3H3,(H,32,33)/b23-17+. The Kier molecular flexibility index (Phi) is 9.11. The second kappa shape index (κ2) is 12.2. The summed E-state index contributed by atoms with van der Waals surface area (Å²) >= 11 is 3.45. The van der Waals surface area contributed by atoms with Crippen LogP contribution in [0.25, 0.3) is 6.08 Å². The Morgan fingerprint density at radius 3 is 2.34 bits per heavy atom. The van der Waals surface area contributed by atoms with E-state index in [4.69, 9.17) is 9.47 Å². The first-order chi connectivity index (χ1) is 16.8.